The first kappa shape index (κ1) is 12.0. The van der Waals surface area contributed by atoms with E-state index < -0.39 is 0 Å². The van der Waals surface area contributed by atoms with Gasteiger partial charge in [-0.2, -0.15) is 0 Å². The zero-order chi connectivity index (χ0) is 13.1. The molecule has 0 fully saturated rings. The van der Waals surface area contributed by atoms with Crippen molar-refractivity contribution in [3.05, 3.63) is 77.9 Å². The van der Waals surface area contributed by atoms with Gasteiger partial charge in [-0.1, -0.05) is 60.7 Å². The van der Waals surface area contributed by atoms with Gasteiger partial charge in [0.15, 0.2) is 0 Å². The van der Waals surface area contributed by atoms with Crippen LogP contribution in [-0.4, -0.2) is 0 Å². The molecule has 3 rings (SSSR count). The second-order valence-electron chi connectivity index (χ2n) is 5.09. The Labute approximate surface area is 115 Å². The molecule has 0 heterocycles. The van der Waals surface area contributed by atoms with E-state index in [0.717, 1.165) is 6.42 Å². The Bertz CT molecular complexity index is 630. The Balaban J connectivity index is 2.06. The van der Waals surface area contributed by atoms with Crippen LogP contribution >= 0.6 is 0 Å². The van der Waals surface area contributed by atoms with E-state index in [1.165, 1.54) is 34.2 Å². The second-order valence-corrected chi connectivity index (χ2v) is 5.09. The molecule has 1 aliphatic carbocycles. The zero-order valence-electron chi connectivity index (χ0n) is 11.3. The molecule has 0 amide bonds. The molecule has 0 N–H and O–H groups in total. The fourth-order valence-corrected chi connectivity index (χ4v) is 2.57. The van der Waals surface area contributed by atoms with E-state index in [1.54, 1.807) is 0 Å². The van der Waals surface area contributed by atoms with Gasteiger partial charge in [-0.3, -0.25) is 0 Å². The average Bonchev–Trinajstić information content (AvgIpc) is 2.48. The SMILES string of the molecule is Cc1cc(C2=CCCC=C2)cc(-c2ccccc2)c1. The van der Waals surface area contributed by atoms with Gasteiger partial charge in [0, 0.05) is 0 Å². The molecular weight excluding hydrogens is 228 g/mol. The minimum atomic E-state index is 1.15. The fourth-order valence-electron chi connectivity index (χ4n) is 2.57. The standard InChI is InChI=1S/C19H18/c1-15-12-18(16-8-4-2-5-9-16)14-19(13-15)17-10-6-3-7-11-17/h2,4-6,8-14H,3,7H2,1H3. The number of aryl methyl sites for hydroxylation is 1. The molecule has 0 aliphatic heterocycles. The number of benzene rings is 2. The monoisotopic (exact) mass is 246 g/mol. The van der Waals surface area contributed by atoms with Crippen LogP contribution in [0.1, 0.15) is 24.0 Å². The van der Waals surface area contributed by atoms with Crippen molar-refractivity contribution in [3.8, 4) is 11.1 Å². The summed E-state index contributed by atoms with van der Waals surface area (Å²) >= 11 is 0. The highest BCUT2D eigenvalue weighted by Gasteiger charge is 2.05. The smallest absolute Gasteiger partial charge is 0.0175 e. The van der Waals surface area contributed by atoms with Gasteiger partial charge >= 0.3 is 0 Å². The maximum absolute atomic E-state index is 2.34. The lowest BCUT2D eigenvalue weighted by molar-refractivity contribution is 1.04. The van der Waals surface area contributed by atoms with Crippen LogP contribution in [0.2, 0.25) is 0 Å². The molecule has 19 heavy (non-hydrogen) atoms. The van der Waals surface area contributed by atoms with E-state index in [2.05, 4.69) is 73.7 Å². The van der Waals surface area contributed by atoms with Crippen molar-refractivity contribution in [2.45, 2.75) is 19.8 Å². The van der Waals surface area contributed by atoms with Crippen LogP contribution in [0.25, 0.3) is 16.7 Å². The Hall–Kier alpha value is -2.08. The van der Waals surface area contributed by atoms with Gasteiger partial charge in [0.2, 0.25) is 0 Å². The van der Waals surface area contributed by atoms with Crippen LogP contribution < -0.4 is 0 Å². The minimum Gasteiger partial charge on any atom is -0.0836 e. The summed E-state index contributed by atoms with van der Waals surface area (Å²) in [5.41, 5.74) is 6.58. The summed E-state index contributed by atoms with van der Waals surface area (Å²) in [5, 5.41) is 0. The van der Waals surface area contributed by atoms with E-state index in [0.29, 0.717) is 0 Å². The van der Waals surface area contributed by atoms with Gasteiger partial charge in [-0.05, 0) is 53.7 Å². The Kier molecular flexibility index (Phi) is 3.33. The molecule has 0 unspecified atom stereocenters. The van der Waals surface area contributed by atoms with Gasteiger partial charge < -0.3 is 0 Å². The van der Waals surface area contributed by atoms with E-state index in [4.69, 9.17) is 0 Å². The zero-order valence-corrected chi connectivity index (χ0v) is 11.3. The molecular formula is C19H18. The van der Waals surface area contributed by atoms with Crippen LogP contribution in [0.4, 0.5) is 0 Å². The third-order valence-electron chi connectivity index (χ3n) is 3.51. The maximum Gasteiger partial charge on any atom is -0.0175 e. The van der Waals surface area contributed by atoms with Crippen molar-refractivity contribution in [1.82, 2.24) is 0 Å². The van der Waals surface area contributed by atoms with Crippen molar-refractivity contribution < 1.29 is 0 Å². The van der Waals surface area contributed by atoms with Crippen molar-refractivity contribution in [2.24, 2.45) is 0 Å². The van der Waals surface area contributed by atoms with Crippen LogP contribution in [0, 0.1) is 6.92 Å². The minimum absolute atomic E-state index is 1.15. The average molecular weight is 246 g/mol. The van der Waals surface area contributed by atoms with Crippen molar-refractivity contribution in [2.75, 3.05) is 0 Å². The lowest BCUT2D eigenvalue weighted by Crippen LogP contribution is -1.89. The summed E-state index contributed by atoms with van der Waals surface area (Å²) in [6.07, 6.45) is 9.16. The van der Waals surface area contributed by atoms with Crippen LogP contribution in [-0.2, 0) is 0 Å². The number of hydrogen-bond acceptors (Lipinski definition) is 0. The van der Waals surface area contributed by atoms with E-state index >= 15 is 0 Å². The Morgan fingerprint density at radius 2 is 1.58 bits per heavy atom. The molecule has 0 bridgehead atoms. The van der Waals surface area contributed by atoms with Gasteiger partial charge in [0.05, 0.1) is 0 Å². The maximum atomic E-state index is 2.34. The Morgan fingerprint density at radius 1 is 0.789 bits per heavy atom. The summed E-state index contributed by atoms with van der Waals surface area (Å²) in [7, 11) is 0. The predicted molar refractivity (Wildman–Crippen MR) is 83.0 cm³/mol. The first-order valence-corrected chi connectivity index (χ1v) is 6.87. The van der Waals surface area contributed by atoms with Crippen LogP contribution in [0.15, 0.2) is 66.8 Å². The molecule has 1 aliphatic rings. The molecule has 0 atom stereocenters. The van der Waals surface area contributed by atoms with Crippen molar-refractivity contribution >= 4 is 5.57 Å². The summed E-state index contributed by atoms with van der Waals surface area (Å²) in [6, 6.07) is 17.4. The third kappa shape index (κ3) is 2.68. The topological polar surface area (TPSA) is 0 Å². The Morgan fingerprint density at radius 3 is 2.32 bits per heavy atom. The summed E-state index contributed by atoms with van der Waals surface area (Å²) in [5.74, 6) is 0. The fraction of sp³-hybridized carbons (Fsp3) is 0.158. The molecule has 0 saturated heterocycles. The summed E-state index contributed by atoms with van der Waals surface area (Å²) in [6.45, 7) is 2.17. The molecule has 0 saturated carbocycles. The predicted octanol–water partition coefficient (Wildman–Crippen LogP) is 5.40. The van der Waals surface area contributed by atoms with Crippen molar-refractivity contribution in [1.29, 1.82) is 0 Å². The summed E-state index contributed by atoms with van der Waals surface area (Å²) in [4.78, 5) is 0. The molecule has 94 valence electrons. The molecule has 0 heteroatoms. The first-order valence-electron chi connectivity index (χ1n) is 6.87. The van der Waals surface area contributed by atoms with Crippen LogP contribution in [0.5, 0.6) is 0 Å². The van der Waals surface area contributed by atoms with Gasteiger partial charge in [-0.25, -0.2) is 0 Å². The van der Waals surface area contributed by atoms with Gasteiger partial charge in [0.25, 0.3) is 0 Å². The van der Waals surface area contributed by atoms with Gasteiger partial charge in [-0.15, -0.1) is 0 Å². The highest BCUT2D eigenvalue weighted by molar-refractivity contribution is 5.79. The highest BCUT2D eigenvalue weighted by atomic mass is 14.1. The third-order valence-corrected chi connectivity index (χ3v) is 3.51. The van der Waals surface area contributed by atoms with E-state index in [-0.39, 0.29) is 0 Å². The largest absolute Gasteiger partial charge is 0.0836 e. The van der Waals surface area contributed by atoms with E-state index in [1.807, 2.05) is 0 Å². The first-order chi connectivity index (χ1) is 9.33. The number of rotatable bonds is 2. The molecule has 0 aromatic heterocycles. The second kappa shape index (κ2) is 5.27. The normalized spacial score (nSPS) is 14.3. The number of allylic oxidation sites excluding steroid dienone is 4. The highest BCUT2D eigenvalue weighted by Crippen LogP contribution is 2.28. The molecule has 0 radical (unpaired) electrons. The van der Waals surface area contributed by atoms with E-state index in [9.17, 15) is 0 Å². The van der Waals surface area contributed by atoms with Gasteiger partial charge in [0.1, 0.15) is 0 Å². The molecule has 0 spiro atoms. The van der Waals surface area contributed by atoms with Crippen LogP contribution in [0.3, 0.4) is 0 Å². The molecule has 2 aromatic rings. The van der Waals surface area contributed by atoms with Crippen molar-refractivity contribution in [3.63, 3.8) is 0 Å². The lowest BCUT2D eigenvalue weighted by Gasteiger charge is -2.11. The quantitative estimate of drug-likeness (QED) is 0.666. The molecule has 2 aromatic carbocycles. The molecule has 0 nitrogen and oxygen atoms in total. The number of hydrogen-bond donors (Lipinski definition) is 0. The lowest BCUT2D eigenvalue weighted by atomic mass is 9.94. The summed E-state index contributed by atoms with van der Waals surface area (Å²) < 4.78 is 0.